The van der Waals surface area contributed by atoms with Crippen LogP contribution in [-0.4, -0.2) is 23.1 Å². The van der Waals surface area contributed by atoms with E-state index in [9.17, 15) is 9.90 Å². The molecule has 2 heterocycles. The van der Waals surface area contributed by atoms with Crippen molar-refractivity contribution >= 4 is 39.1 Å². The molecule has 2 aromatic heterocycles. The number of halogens is 1. The summed E-state index contributed by atoms with van der Waals surface area (Å²) < 4.78 is 0.941. The quantitative estimate of drug-likeness (QED) is 0.912. The van der Waals surface area contributed by atoms with Gasteiger partial charge in [0.1, 0.15) is 11.4 Å². The van der Waals surface area contributed by atoms with E-state index in [1.165, 1.54) is 11.3 Å². The van der Waals surface area contributed by atoms with Crippen molar-refractivity contribution in [2.75, 3.05) is 12.4 Å². The number of nitrogens with one attached hydrogen (secondary N) is 1. The predicted octanol–water partition coefficient (Wildman–Crippen LogP) is 3.31. The molecule has 17 heavy (non-hydrogen) atoms. The molecule has 88 valence electrons. The molecule has 0 bridgehead atoms. The molecule has 0 fully saturated rings. The lowest BCUT2D eigenvalue weighted by Gasteiger charge is -2.08. The van der Waals surface area contributed by atoms with Gasteiger partial charge in [-0.3, -0.25) is 0 Å². The summed E-state index contributed by atoms with van der Waals surface area (Å²) >= 11 is 4.85. The minimum Gasteiger partial charge on any atom is -0.478 e. The molecule has 0 spiro atoms. The number of hydrogen-bond donors (Lipinski definition) is 2. The summed E-state index contributed by atoms with van der Waals surface area (Å²) in [5.74, 6) is -0.610. The number of carboxylic acid groups (broad SMARTS) is 1. The minimum atomic E-state index is -0.984. The van der Waals surface area contributed by atoms with Crippen LogP contribution < -0.4 is 5.32 Å². The third-order valence-electron chi connectivity index (χ3n) is 2.23. The molecule has 0 amide bonds. The first-order valence-electron chi connectivity index (χ1n) is 4.78. The minimum absolute atomic E-state index is 0.198. The maximum absolute atomic E-state index is 11.3. The number of hydrogen-bond acceptors (Lipinski definition) is 4. The Hall–Kier alpha value is -1.40. The third-order valence-corrected chi connectivity index (χ3v) is 3.96. The molecule has 0 aliphatic heterocycles. The van der Waals surface area contributed by atoms with E-state index in [0.29, 0.717) is 11.4 Å². The summed E-state index contributed by atoms with van der Waals surface area (Å²) in [5.41, 5.74) is 0.872. The van der Waals surface area contributed by atoms with Crippen molar-refractivity contribution in [3.63, 3.8) is 0 Å². The molecule has 2 aromatic rings. The number of carboxylic acids is 1. The highest BCUT2D eigenvalue weighted by molar-refractivity contribution is 9.10. The van der Waals surface area contributed by atoms with Gasteiger partial charge in [-0.1, -0.05) is 0 Å². The Morgan fingerprint density at radius 1 is 1.59 bits per heavy atom. The van der Waals surface area contributed by atoms with E-state index >= 15 is 0 Å². The molecule has 0 saturated carbocycles. The van der Waals surface area contributed by atoms with Gasteiger partial charge in [0, 0.05) is 33.5 Å². The molecule has 0 saturated heterocycles. The second-order valence-corrected chi connectivity index (χ2v) is 5.09. The largest absolute Gasteiger partial charge is 0.478 e. The number of thiophene rings is 1. The number of nitrogens with zero attached hydrogens (tertiary/aromatic N) is 1. The number of rotatable bonds is 3. The highest BCUT2D eigenvalue weighted by Crippen LogP contribution is 2.34. The van der Waals surface area contributed by atoms with E-state index in [-0.39, 0.29) is 5.56 Å². The van der Waals surface area contributed by atoms with Crippen LogP contribution in [0.4, 0.5) is 5.82 Å². The average Bonchev–Trinajstić information content (AvgIpc) is 2.74. The second-order valence-electron chi connectivity index (χ2n) is 3.27. The van der Waals surface area contributed by atoms with Gasteiger partial charge in [-0.15, -0.1) is 11.3 Å². The van der Waals surface area contributed by atoms with Crippen LogP contribution in [0, 0.1) is 0 Å². The summed E-state index contributed by atoms with van der Waals surface area (Å²) in [4.78, 5) is 16.2. The maximum atomic E-state index is 11.3. The molecule has 6 heteroatoms. The van der Waals surface area contributed by atoms with Crippen molar-refractivity contribution < 1.29 is 9.90 Å². The monoisotopic (exact) mass is 312 g/mol. The SMILES string of the molecule is CNc1nccc(-c2cc(Br)cs2)c1C(=O)O. The predicted molar refractivity (Wildman–Crippen MR) is 71.8 cm³/mol. The van der Waals surface area contributed by atoms with Crippen molar-refractivity contribution in [2.45, 2.75) is 0 Å². The first-order chi connectivity index (χ1) is 8.13. The molecule has 0 atom stereocenters. The third kappa shape index (κ3) is 2.32. The van der Waals surface area contributed by atoms with E-state index in [1.807, 2.05) is 11.4 Å². The fraction of sp³-hybridized carbons (Fsp3) is 0.0909. The van der Waals surface area contributed by atoms with Crippen molar-refractivity contribution in [3.05, 3.63) is 33.7 Å². The Morgan fingerprint density at radius 2 is 2.35 bits per heavy atom. The van der Waals surface area contributed by atoms with E-state index in [1.54, 1.807) is 19.3 Å². The summed E-state index contributed by atoms with van der Waals surface area (Å²) in [6.07, 6.45) is 1.60. The molecule has 0 unspecified atom stereocenters. The Balaban J connectivity index is 2.65. The van der Waals surface area contributed by atoms with Crippen LogP contribution >= 0.6 is 27.3 Å². The van der Waals surface area contributed by atoms with Gasteiger partial charge >= 0.3 is 5.97 Å². The van der Waals surface area contributed by atoms with Crippen molar-refractivity contribution in [2.24, 2.45) is 0 Å². The van der Waals surface area contributed by atoms with Crippen LogP contribution in [0.3, 0.4) is 0 Å². The standard InChI is InChI=1S/C11H9BrN2O2S/c1-13-10-9(11(15)16)7(2-3-14-10)8-4-6(12)5-17-8/h2-5H,1H3,(H,13,14)(H,15,16). The fourth-order valence-corrected chi connectivity index (χ4v) is 2.99. The zero-order chi connectivity index (χ0) is 12.4. The van der Waals surface area contributed by atoms with Gasteiger partial charge in [0.15, 0.2) is 0 Å². The summed E-state index contributed by atoms with van der Waals surface area (Å²) in [7, 11) is 1.66. The van der Waals surface area contributed by atoms with Crippen LogP contribution in [0.15, 0.2) is 28.2 Å². The Labute approximate surface area is 110 Å². The topological polar surface area (TPSA) is 62.2 Å². The van der Waals surface area contributed by atoms with E-state index < -0.39 is 5.97 Å². The van der Waals surface area contributed by atoms with Crippen LogP contribution in [0.2, 0.25) is 0 Å². The first kappa shape index (κ1) is 12.1. The summed E-state index contributed by atoms with van der Waals surface area (Å²) in [6.45, 7) is 0. The van der Waals surface area contributed by atoms with E-state index in [4.69, 9.17) is 0 Å². The first-order valence-corrected chi connectivity index (χ1v) is 6.45. The molecule has 2 N–H and O–H groups in total. The van der Waals surface area contributed by atoms with E-state index in [2.05, 4.69) is 26.2 Å². The van der Waals surface area contributed by atoms with Gasteiger partial charge in [0.2, 0.25) is 0 Å². The number of aromatic nitrogens is 1. The van der Waals surface area contributed by atoms with Gasteiger partial charge in [-0.2, -0.15) is 0 Å². The second kappa shape index (κ2) is 4.85. The number of pyridine rings is 1. The van der Waals surface area contributed by atoms with Gasteiger partial charge in [-0.25, -0.2) is 9.78 Å². The molecule has 2 rings (SSSR count). The van der Waals surface area contributed by atoms with Gasteiger partial charge in [0.25, 0.3) is 0 Å². The van der Waals surface area contributed by atoms with Crippen LogP contribution in [0.25, 0.3) is 10.4 Å². The normalized spacial score (nSPS) is 10.2. The van der Waals surface area contributed by atoms with Gasteiger partial charge in [-0.05, 0) is 28.1 Å². The zero-order valence-electron chi connectivity index (χ0n) is 8.90. The van der Waals surface area contributed by atoms with E-state index in [0.717, 1.165) is 9.35 Å². The van der Waals surface area contributed by atoms with Crippen LogP contribution in [-0.2, 0) is 0 Å². The lowest BCUT2D eigenvalue weighted by molar-refractivity contribution is 0.0698. The Bertz CT molecular complexity index is 568. The lowest BCUT2D eigenvalue weighted by atomic mass is 10.1. The highest BCUT2D eigenvalue weighted by atomic mass is 79.9. The van der Waals surface area contributed by atoms with Gasteiger partial charge in [0.05, 0.1) is 0 Å². The Morgan fingerprint density at radius 3 is 2.88 bits per heavy atom. The van der Waals surface area contributed by atoms with Crippen molar-refractivity contribution in [3.8, 4) is 10.4 Å². The van der Waals surface area contributed by atoms with Crippen molar-refractivity contribution in [1.82, 2.24) is 4.98 Å². The molecule has 0 aliphatic rings. The zero-order valence-corrected chi connectivity index (χ0v) is 11.3. The number of anilines is 1. The highest BCUT2D eigenvalue weighted by Gasteiger charge is 2.18. The van der Waals surface area contributed by atoms with Gasteiger partial charge < -0.3 is 10.4 Å². The smallest absolute Gasteiger partial charge is 0.340 e. The Kier molecular flexibility index (Phi) is 3.44. The summed E-state index contributed by atoms with van der Waals surface area (Å²) in [6, 6.07) is 3.61. The van der Waals surface area contributed by atoms with Crippen LogP contribution in [0.1, 0.15) is 10.4 Å². The molecular weight excluding hydrogens is 304 g/mol. The molecule has 4 nitrogen and oxygen atoms in total. The maximum Gasteiger partial charge on any atom is 0.340 e. The summed E-state index contributed by atoms with van der Waals surface area (Å²) in [5, 5.41) is 14.0. The number of carbonyl (C=O) groups is 1. The molecule has 0 aromatic carbocycles. The average molecular weight is 313 g/mol. The molecule has 0 radical (unpaired) electrons. The lowest BCUT2D eigenvalue weighted by Crippen LogP contribution is -2.06. The fourth-order valence-electron chi connectivity index (χ4n) is 1.53. The molecular formula is C11H9BrN2O2S. The molecule has 0 aliphatic carbocycles. The van der Waals surface area contributed by atoms with Crippen LogP contribution in [0.5, 0.6) is 0 Å². The number of aromatic carboxylic acids is 1. The van der Waals surface area contributed by atoms with Crippen molar-refractivity contribution in [1.29, 1.82) is 0 Å².